The first-order valence-corrected chi connectivity index (χ1v) is 5.60. The zero-order valence-electron chi connectivity index (χ0n) is 8.03. The highest BCUT2D eigenvalue weighted by Gasteiger charge is 2.09. The molecule has 0 fully saturated rings. The highest BCUT2D eigenvalue weighted by molar-refractivity contribution is 7.99. The molecule has 0 aliphatic rings. The fourth-order valence-corrected chi connectivity index (χ4v) is 1.97. The largest absolute Gasteiger partial charge is 0.298 e. The van der Waals surface area contributed by atoms with Gasteiger partial charge in [0.2, 0.25) is 0 Å². The summed E-state index contributed by atoms with van der Waals surface area (Å²) in [6, 6.07) is 0. The van der Waals surface area contributed by atoms with E-state index in [1.165, 1.54) is 18.1 Å². The van der Waals surface area contributed by atoms with Crippen LogP contribution in [0.25, 0.3) is 0 Å². The van der Waals surface area contributed by atoms with Gasteiger partial charge in [-0.05, 0) is 5.92 Å². The second kappa shape index (κ2) is 5.32. The molecule has 0 unspecified atom stereocenters. The number of hydrogen-bond donors (Lipinski definition) is 0. The number of aromatic nitrogens is 2. The van der Waals surface area contributed by atoms with Gasteiger partial charge >= 0.3 is 0 Å². The molecule has 76 valence electrons. The summed E-state index contributed by atoms with van der Waals surface area (Å²) in [4.78, 5) is 18.5. The molecule has 1 rings (SSSR count). The van der Waals surface area contributed by atoms with Crippen LogP contribution >= 0.6 is 23.4 Å². The van der Waals surface area contributed by atoms with Crippen LogP contribution in [0.5, 0.6) is 0 Å². The minimum atomic E-state index is 0.223. The molecule has 0 radical (unpaired) electrons. The Balaban J connectivity index is 2.85. The third-order valence-electron chi connectivity index (χ3n) is 1.47. The maximum absolute atomic E-state index is 10.7. The minimum Gasteiger partial charge on any atom is -0.298 e. The van der Waals surface area contributed by atoms with Crippen molar-refractivity contribution in [1.29, 1.82) is 0 Å². The smallest absolute Gasteiger partial charge is 0.155 e. The van der Waals surface area contributed by atoms with Crippen molar-refractivity contribution in [2.75, 3.05) is 5.75 Å². The quantitative estimate of drug-likeness (QED) is 0.453. The van der Waals surface area contributed by atoms with Crippen LogP contribution in [0.15, 0.2) is 11.4 Å². The Hall–Kier alpha value is -0.610. The average Bonchev–Trinajstić information content (AvgIpc) is 2.14. The van der Waals surface area contributed by atoms with E-state index in [1.54, 1.807) is 0 Å². The Labute approximate surface area is 92.3 Å². The number of aldehydes is 1. The van der Waals surface area contributed by atoms with E-state index < -0.39 is 0 Å². The zero-order chi connectivity index (χ0) is 10.6. The second-order valence-electron chi connectivity index (χ2n) is 3.21. The van der Waals surface area contributed by atoms with Gasteiger partial charge in [0.25, 0.3) is 0 Å². The lowest BCUT2D eigenvalue weighted by Crippen LogP contribution is -1.97. The van der Waals surface area contributed by atoms with Crippen LogP contribution in [0.1, 0.15) is 24.2 Å². The van der Waals surface area contributed by atoms with Gasteiger partial charge in [-0.3, -0.25) is 4.79 Å². The van der Waals surface area contributed by atoms with E-state index in [2.05, 4.69) is 23.8 Å². The van der Waals surface area contributed by atoms with Crippen LogP contribution in [-0.2, 0) is 0 Å². The van der Waals surface area contributed by atoms with Gasteiger partial charge in [0.1, 0.15) is 16.5 Å². The summed E-state index contributed by atoms with van der Waals surface area (Å²) in [5, 5.41) is 0.884. The zero-order valence-corrected chi connectivity index (χ0v) is 9.60. The van der Waals surface area contributed by atoms with Crippen molar-refractivity contribution >= 4 is 29.6 Å². The molecule has 3 nitrogen and oxygen atoms in total. The molecule has 5 heteroatoms. The van der Waals surface area contributed by atoms with Crippen LogP contribution in [-0.4, -0.2) is 22.0 Å². The molecule has 0 aliphatic carbocycles. The maximum Gasteiger partial charge on any atom is 0.155 e. The van der Waals surface area contributed by atoms with Gasteiger partial charge in [-0.25, -0.2) is 9.97 Å². The number of hydrogen-bond acceptors (Lipinski definition) is 4. The lowest BCUT2D eigenvalue weighted by atomic mass is 10.3. The Morgan fingerprint density at radius 3 is 2.86 bits per heavy atom. The number of thioether (sulfide) groups is 1. The highest BCUT2D eigenvalue weighted by Crippen LogP contribution is 2.24. The van der Waals surface area contributed by atoms with Gasteiger partial charge in [-0.2, -0.15) is 0 Å². The number of rotatable bonds is 4. The Morgan fingerprint density at radius 1 is 1.57 bits per heavy atom. The van der Waals surface area contributed by atoms with Crippen molar-refractivity contribution in [3.63, 3.8) is 0 Å². The molecule has 1 heterocycles. The van der Waals surface area contributed by atoms with E-state index in [9.17, 15) is 4.79 Å². The molecule has 1 aromatic rings. The third-order valence-corrected chi connectivity index (χ3v) is 3.20. The molecule has 0 atom stereocenters. The normalized spacial score (nSPS) is 10.6. The van der Waals surface area contributed by atoms with E-state index in [0.717, 1.165) is 5.75 Å². The number of nitrogens with zero attached hydrogens (tertiary/aromatic N) is 2. The van der Waals surface area contributed by atoms with E-state index in [0.29, 0.717) is 22.8 Å². The summed E-state index contributed by atoms with van der Waals surface area (Å²) in [6.45, 7) is 4.22. The fraction of sp³-hybridized carbons (Fsp3) is 0.444. The molecule has 0 bridgehead atoms. The van der Waals surface area contributed by atoms with Gasteiger partial charge < -0.3 is 0 Å². The maximum atomic E-state index is 10.7. The summed E-state index contributed by atoms with van der Waals surface area (Å²) < 4.78 is 0. The first-order valence-electron chi connectivity index (χ1n) is 4.23. The Morgan fingerprint density at radius 2 is 2.29 bits per heavy atom. The van der Waals surface area contributed by atoms with Crippen molar-refractivity contribution < 1.29 is 4.79 Å². The molecule has 0 saturated carbocycles. The van der Waals surface area contributed by atoms with Crippen LogP contribution in [0, 0.1) is 5.92 Å². The van der Waals surface area contributed by atoms with Gasteiger partial charge in [0, 0.05) is 5.75 Å². The minimum absolute atomic E-state index is 0.223. The molecule has 1 aromatic heterocycles. The molecular formula is C9H11ClN2OS. The van der Waals surface area contributed by atoms with Crippen LogP contribution < -0.4 is 0 Å². The van der Waals surface area contributed by atoms with Gasteiger partial charge in [0.05, 0.1) is 5.56 Å². The van der Waals surface area contributed by atoms with E-state index in [1.807, 2.05) is 0 Å². The van der Waals surface area contributed by atoms with Crippen molar-refractivity contribution in [2.45, 2.75) is 18.9 Å². The predicted octanol–water partition coefficient (Wildman–Crippen LogP) is 2.69. The number of carbonyl (C=O) groups is 1. The molecule has 0 amide bonds. The second-order valence-corrected chi connectivity index (χ2v) is 4.57. The monoisotopic (exact) mass is 230 g/mol. The summed E-state index contributed by atoms with van der Waals surface area (Å²) >= 11 is 7.28. The van der Waals surface area contributed by atoms with Crippen molar-refractivity contribution in [3.8, 4) is 0 Å². The van der Waals surface area contributed by atoms with Gasteiger partial charge in [-0.1, -0.05) is 25.4 Å². The number of carbonyl (C=O) groups excluding carboxylic acids is 1. The molecule has 0 N–H and O–H groups in total. The van der Waals surface area contributed by atoms with E-state index in [4.69, 9.17) is 11.6 Å². The summed E-state index contributed by atoms with van der Waals surface area (Å²) in [5.41, 5.74) is 0.389. The molecule has 0 aromatic carbocycles. The third kappa shape index (κ3) is 2.96. The molecule has 0 spiro atoms. The molecule has 14 heavy (non-hydrogen) atoms. The van der Waals surface area contributed by atoms with Crippen molar-refractivity contribution in [2.24, 2.45) is 5.92 Å². The first kappa shape index (κ1) is 11.5. The van der Waals surface area contributed by atoms with E-state index >= 15 is 0 Å². The molecule has 0 saturated heterocycles. The average molecular weight is 231 g/mol. The molecular weight excluding hydrogens is 220 g/mol. The SMILES string of the molecule is CC(C)CSc1ncnc(Cl)c1C=O. The Kier molecular flexibility index (Phi) is 4.35. The number of halogens is 1. The highest BCUT2D eigenvalue weighted by atomic mass is 35.5. The van der Waals surface area contributed by atoms with Crippen molar-refractivity contribution in [1.82, 2.24) is 9.97 Å². The van der Waals surface area contributed by atoms with Gasteiger partial charge in [-0.15, -0.1) is 11.8 Å². The van der Waals surface area contributed by atoms with Crippen LogP contribution in [0.3, 0.4) is 0 Å². The first-order chi connectivity index (χ1) is 6.65. The van der Waals surface area contributed by atoms with Crippen LogP contribution in [0.2, 0.25) is 5.15 Å². The lowest BCUT2D eigenvalue weighted by Gasteiger charge is -2.05. The fourth-order valence-electron chi connectivity index (χ4n) is 0.819. The summed E-state index contributed by atoms with van der Waals surface area (Å²) in [7, 11) is 0. The van der Waals surface area contributed by atoms with Crippen LogP contribution in [0.4, 0.5) is 0 Å². The summed E-state index contributed by atoms with van der Waals surface area (Å²) in [6.07, 6.45) is 2.07. The summed E-state index contributed by atoms with van der Waals surface area (Å²) in [5.74, 6) is 1.46. The molecule has 0 aliphatic heterocycles. The van der Waals surface area contributed by atoms with Gasteiger partial charge in [0.15, 0.2) is 6.29 Å². The predicted molar refractivity (Wildman–Crippen MR) is 58.0 cm³/mol. The Bertz CT molecular complexity index is 331. The van der Waals surface area contributed by atoms with E-state index in [-0.39, 0.29) is 5.15 Å². The van der Waals surface area contributed by atoms with Crippen molar-refractivity contribution in [3.05, 3.63) is 17.0 Å². The standard InChI is InChI=1S/C9H11ClN2OS/c1-6(2)4-14-9-7(3-13)8(10)11-5-12-9/h3,5-6H,4H2,1-2H3. The topological polar surface area (TPSA) is 42.9 Å². The lowest BCUT2D eigenvalue weighted by molar-refractivity contribution is 0.112.